The number of esters is 1. The number of carboxylic acids is 1. The molecule has 30 heavy (non-hydrogen) atoms. The fraction of sp³-hybridized carbons (Fsp3) is 0.350. The van der Waals surface area contributed by atoms with Crippen LogP contribution >= 0.6 is 0 Å². The van der Waals surface area contributed by atoms with E-state index in [9.17, 15) is 24.6 Å². The Labute approximate surface area is 171 Å². The summed E-state index contributed by atoms with van der Waals surface area (Å²) >= 11 is 0. The van der Waals surface area contributed by atoms with E-state index in [0.717, 1.165) is 4.57 Å². The van der Waals surface area contributed by atoms with E-state index in [1.165, 1.54) is 46.5 Å². The topological polar surface area (TPSA) is 145 Å². The minimum absolute atomic E-state index is 0.0247. The standard InChI is InChI=1S/C20H23NO9/c1-10-5-13(22)18(20(27)21(10)9-16(23)24)12(8-17(25)30-4)11-6-14(28-2)19(26)15(7-11)29-3/h5-7,12,22,26H,8-9H2,1-4H3,(H,23,24). The van der Waals surface area contributed by atoms with Crippen molar-refractivity contribution in [3.63, 3.8) is 0 Å². The molecule has 0 amide bonds. The fourth-order valence-corrected chi connectivity index (χ4v) is 3.18. The molecule has 2 rings (SSSR count). The molecule has 1 heterocycles. The van der Waals surface area contributed by atoms with Crippen LogP contribution in [-0.4, -0.2) is 53.2 Å². The number of pyridine rings is 1. The van der Waals surface area contributed by atoms with Crippen LogP contribution in [0.2, 0.25) is 0 Å². The number of hydrogen-bond acceptors (Lipinski definition) is 8. The summed E-state index contributed by atoms with van der Waals surface area (Å²) in [5.41, 5.74) is -0.414. The summed E-state index contributed by atoms with van der Waals surface area (Å²) < 4.78 is 16.0. The van der Waals surface area contributed by atoms with E-state index in [1.54, 1.807) is 0 Å². The highest BCUT2D eigenvalue weighted by Gasteiger charge is 2.29. The van der Waals surface area contributed by atoms with E-state index >= 15 is 0 Å². The Bertz CT molecular complexity index is 1000. The zero-order chi connectivity index (χ0) is 22.6. The maximum Gasteiger partial charge on any atom is 0.323 e. The average Bonchev–Trinajstić information content (AvgIpc) is 2.70. The van der Waals surface area contributed by atoms with Crippen LogP contribution in [0.15, 0.2) is 23.0 Å². The molecule has 162 valence electrons. The Kier molecular flexibility index (Phi) is 6.93. The number of aliphatic carboxylic acids is 1. The van der Waals surface area contributed by atoms with Crippen molar-refractivity contribution in [3.05, 3.63) is 45.4 Å². The minimum atomic E-state index is -1.24. The van der Waals surface area contributed by atoms with Crippen LogP contribution in [0.4, 0.5) is 0 Å². The molecule has 0 saturated carbocycles. The number of hydrogen-bond donors (Lipinski definition) is 3. The molecule has 0 fully saturated rings. The van der Waals surface area contributed by atoms with Crippen molar-refractivity contribution >= 4 is 11.9 Å². The first-order chi connectivity index (χ1) is 14.1. The van der Waals surface area contributed by atoms with Gasteiger partial charge in [-0.2, -0.15) is 0 Å². The second-order valence-corrected chi connectivity index (χ2v) is 6.48. The molecule has 3 N–H and O–H groups in total. The molecular formula is C20H23NO9. The lowest BCUT2D eigenvalue weighted by Crippen LogP contribution is -2.31. The lowest BCUT2D eigenvalue weighted by molar-refractivity contribution is -0.141. The predicted molar refractivity (Wildman–Crippen MR) is 104 cm³/mol. The molecule has 2 aromatic rings. The number of phenolic OH excluding ortho intramolecular Hbond substituents is 1. The van der Waals surface area contributed by atoms with Gasteiger partial charge in [0.25, 0.3) is 5.56 Å². The summed E-state index contributed by atoms with van der Waals surface area (Å²) in [5, 5.41) is 29.8. The number of nitrogens with zero attached hydrogens (tertiary/aromatic N) is 1. The normalized spacial score (nSPS) is 11.6. The van der Waals surface area contributed by atoms with Crippen LogP contribution < -0.4 is 15.0 Å². The van der Waals surface area contributed by atoms with Gasteiger partial charge in [0.15, 0.2) is 11.5 Å². The summed E-state index contributed by atoms with van der Waals surface area (Å²) in [6, 6.07) is 4.04. The second kappa shape index (κ2) is 9.21. The van der Waals surface area contributed by atoms with Crippen LogP contribution in [-0.2, 0) is 20.9 Å². The summed E-state index contributed by atoms with van der Waals surface area (Å²) in [7, 11) is 3.81. The number of carbonyl (C=O) groups excluding carboxylic acids is 1. The van der Waals surface area contributed by atoms with E-state index in [-0.39, 0.29) is 34.9 Å². The lowest BCUT2D eigenvalue weighted by Gasteiger charge is -2.21. The van der Waals surface area contributed by atoms with Crippen LogP contribution in [0.1, 0.15) is 29.2 Å². The number of benzene rings is 1. The van der Waals surface area contributed by atoms with Crippen LogP contribution in [0.25, 0.3) is 0 Å². The zero-order valence-corrected chi connectivity index (χ0v) is 17.0. The number of aryl methyl sites for hydroxylation is 1. The SMILES string of the molecule is COC(=O)CC(c1cc(OC)c(O)c(OC)c1)c1c(O)cc(C)n(CC(=O)O)c1=O. The van der Waals surface area contributed by atoms with Crippen molar-refractivity contribution in [1.82, 2.24) is 4.57 Å². The van der Waals surface area contributed by atoms with Crippen molar-refractivity contribution in [2.45, 2.75) is 25.8 Å². The molecule has 0 spiro atoms. The largest absolute Gasteiger partial charge is 0.507 e. The number of rotatable bonds is 8. The van der Waals surface area contributed by atoms with E-state index in [1.807, 2.05) is 0 Å². The number of ether oxygens (including phenoxy) is 3. The number of phenols is 1. The van der Waals surface area contributed by atoms with E-state index in [0.29, 0.717) is 5.56 Å². The first-order valence-corrected chi connectivity index (χ1v) is 8.81. The molecule has 0 aliphatic rings. The number of carboxylic acid groups (broad SMARTS) is 1. The van der Waals surface area contributed by atoms with Gasteiger partial charge in [-0.25, -0.2) is 0 Å². The van der Waals surface area contributed by atoms with Gasteiger partial charge in [-0.15, -0.1) is 0 Å². The maximum atomic E-state index is 13.1. The van der Waals surface area contributed by atoms with Gasteiger partial charge in [0.05, 0.1) is 33.3 Å². The minimum Gasteiger partial charge on any atom is -0.507 e. The molecule has 1 unspecified atom stereocenters. The summed E-state index contributed by atoms with van der Waals surface area (Å²) in [6.07, 6.45) is -0.341. The van der Waals surface area contributed by atoms with Crippen molar-refractivity contribution < 1.29 is 39.1 Å². The van der Waals surface area contributed by atoms with Gasteiger partial charge < -0.3 is 34.1 Å². The Morgan fingerprint density at radius 1 is 1.07 bits per heavy atom. The summed E-state index contributed by atoms with van der Waals surface area (Å²) in [6.45, 7) is 0.862. The van der Waals surface area contributed by atoms with Crippen LogP contribution in [0.3, 0.4) is 0 Å². The molecule has 0 saturated heterocycles. The quantitative estimate of drug-likeness (QED) is 0.538. The zero-order valence-electron chi connectivity index (χ0n) is 17.0. The van der Waals surface area contributed by atoms with E-state index in [2.05, 4.69) is 0 Å². The summed E-state index contributed by atoms with van der Waals surface area (Å²) in [5.74, 6) is -3.58. The summed E-state index contributed by atoms with van der Waals surface area (Å²) in [4.78, 5) is 36.3. The molecule has 1 aromatic heterocycles. The monoisotopic (exact) mass is 421 g/mol. The molecule has 0 aliphatic heterocycles. The third-order valence-electron chi connectivity index (χ3n) is 4.67. The molecule has 1 atom stereocenters. The second-order valence-electron chi connectivity index (χ2n) is 6.48. The maximum absolute atomic E-state index is 13.1. The lowest BCUT2D eigenvalue weighted by atomic mass is 9.87. The van der Waals surface area contributed by atoms with Gasteiger partial charge in [0, 0.05) is 11.6 Å². The van der Waals surface area contributed by atoms with Gasteiger partial charge in [-0.1, -0.05) is 0 Å². The highest BCUT2D eigenvalue weighted by Crippen LogP contribution is 2.42. The Balaban J connectivity index is 2.81. The fourth-order valence-electron chi connectivity index (χ4n) is 3.18. The Morgan fingerprint density at radius 2 is 1.63 bits per heavy atom. The molecule has 10 heteroatoms. The Morgan fingerprint density at radius 3 is 2.10 bits per heavy atom. The molecule has 0 bridgehead atoms. The van der Waals surface area contributed by atoms with Gasteiger partial charge in [-0.05, 0) is 30.7 Å². The van der Waals surface area contributed by atoms with Crippen LogP contribution in [0.5, 0.6) is 23.0 Å². The number of aromatic nitrogens is 1. The number of methoxy groups -OCH3 is 3. The van der Waals surface area contributed by atoms with E-state index in [4.69, 9.17) is 19.3 Å². The van der Waals surface area contributed by atoms with Gasteiger partial charge in [0.2, 0.25) is 5.75 Å². The Hall–Kier alpha value is -3.69. The first kappa shape index (κ1) is 22.6. The van der Waals surface area contributed by atoms with Crippen molar-refractivity contribution in [2.24, 2.45) is 0 Å². The van der Waals surface area contributed by atoms with Crippen molar-refractivity contribution in [3.8, 4) is 23.0 Å². The third-order valence-corrected chi connectivity index (χ3v) is 4.67. The van der Waals surface area contributed by atoms with Gasteiger partial charge in [0.1, 0.15) is 12.3 Å². The van der Waals surface area contributed by atoms with Crippen LogP contribution in [0, 0.1) is 6.92 Å². The smallest absolute Gasteiger partial charge is 0.323 e. The average molecular weight is 421 g/mol. The predicted octanol–water partition coefficient (Wildman–Crippen LogP) is 1.36. The van der Waals surface area contributed by atoms with Gasteiger partial charge >= 0.3 is 11.9 Å². The van der Waals surface area contributed by atoms with Gasteiger partial charge in [-0.3, -0.25) is 14.4 Å². The molecule has 0 radical (unpaired) electrons. The molecule has 1 aromatic carbocycles. The number of aromatic hydroxyl groups is 2. The van der Waals surface area contributed by atoms with Crippen molar-refractivity contribution in [2.75, 3.05) is 21.3 Å². The number of carbonyl (C=O) groups is 2. The van der Waals surface area contributed by atoms with E-state index < -0.39 is 35.7 Å². The molecular weight excluding hydrogens is 398 g/mol. The molecule has 10 nitrogen and oxygen atoms in total. The highest BCUT2D eigenvalue weighted by molar-refractivity contribution is 5.72. The van der Waals surface area contributed by atoms with Crippen molar-refractivity contribution in [1.29, 1.82) is 0 Å². The third kappa shape index (κ3) is 4.48. The molecule has 0 aliphatic carbocycles. The first-order valence-electron chi connectivity index (χ1n) is 8.81. The highest BCUT2D eigenvalue weighted by atomic mass is 16.5.